The maximum atomic E-state index is 9.60. The van der Waals surface area contributed by atoms with Crippen molar-refractivity contribution in [3.05, 3.63) is 0 Å². The molecule has 80 valence electrons. The van der Waals surface area contributed by atoms with Gasteiger partial charge in [-0.2, -0.15) is 0 Å². The highest BCUT2D eigenvalue weighted by atomic mass is 16.5. The maximum absolute atomic E-state index is 9.60. The topological polar surface area (TPSA) is 41.5 Å². The summed E-state index contributed by atoms with van der Waals surface area (Å²) in [6, 6.07) is 0.134. The summed E-state index contributed by atoms with van der Waals surface area (Å²) in [6.45, 7) is 7.39. The average Bonchev–Trinajstić information content (AvgIpc) is 2.02. The van der Waals surface area contributed by atoms with Crippen LogP contribution in [-0.4, -0.2) is 37.0 Å². The molecular weight excluding hydrogens is 166 g/mol. The van der Waals surface area contributed by atoms with Gasteiger partial charge in [-0.05, 0) is 40.2 Å². The third-order valence-electron chi connectivity index (χ3n) is 2.29. The standard InChI is InChI=1S/C10H23NO2/c1-9(10(2,3)12)11-7-5-6-8-13-4/h9,11-12H,5-8H2,1-4H3. The summed E-state index contributed by atoms with van der Waals surface area (Å²) in [5.74, 6) is 0. The molecule has 0 bridgehead atoms. The Balaban J connectivity index is 3.32. The third-order valence-corrected chi connectivity index (χ3v) is 2.29. The number of hydrogen-bond acceptors (Lipinski definition) is 3. The minimum atomic E-state index is -0.638. The SMILES string of the molecule is COCCCCNC(C)C(C)(C)O. The van der Waals surface area contributed by atoms with E-state index in [0.717, 1.165) is 26.0 Å². The summed E-state index contributed by atoms with van der Waals surface area (Å²) in [5, 5.41) is 12.9. The second-order valence-electron chi connectivity index (χ2n) is 4.03. The lowest BCUT2D eigenvalue weighted by atomic mass is 10.0. The Bertz CT molecular complexity index is 121. The van der Waals surface area contributed by atoms with Gasteiger partial charge in [-0.1, -0.05) is 0 Å². The van der Waals surface area contributed by atoms with Gasteiger partial charge in [0.25, 0.3) is 0 Å². The maximum Gasteiger partial charge on any atom is 0.0741 e. The lowest BCUT2D eigenvalue weighted by Gasteiger charge is -2.26. The van der Waals surface area contributed by atoms with Crippen LogP contribution in [0.25, 0.3) is 0 Å². The fraction of sp³-hybridized carbons (Fsp3) is 1.00. The molecule has 0 radical (unpaired) electrons. The Morgan fingerprint density at radius 1 is 1.38 bits per heavy atom. The highest BCUT2D eigenvalue weighted by Gasteiger charge is 2.20. The molecule has 0 aliphatic heterocycles. The van der Waals surface area contributed by atoms with Crippen LogP contribution in [0.2, 0.25) is 0 Å². The first-order chi connectivity index (χ1) is 5.98. The van der Waals surface area contributed by atoms with Gasteiger partial charge in [0.05, 0.1) is 5.60 Å². The summed E-state index contributed by atoms with van der Waals surface area (Å²) >= 11 is 0. The zero-order chi connectivity index (χ0) is 10.3. The van der Waals surface area contributed by atoms with Gasteiger partial charge >= 0.3 is 0 Å². The van der Waals surface area contributed by atoms with Crippen molar-refractivity contribution in [3.8, 4) is 0 Å². The number of hydrogen-bond donors (Lipinski definition) is 2. The molecule has 0 aromatic carbocycles. The minimum Gasteiger partial charge on any atom is -0.389 e. The lowest BCUT2D eigenvalue weighted by Crippen LogP contribution is -2.44. The van der Waals surface area contributed by atoms with Crippen molar-refractivity contribution >= 4 is 0 Å². The van der Waals surface area contributed by atoms with Crippen molar-refractivity contribution in [3.63, 3.8) is 0 Å². The Morgan fingerprint density at radius 3 is 2.46 bits per heavy atom. The van der Waals surface area contributed by atoms with Crippen LogP contribution in [0.15, 0.2) is 0 Å². The van der Waals surface area contributed by atoms with Crippen molar-refractivity contribution in [2.45, 2.75) is 45.3 Å². The Hall–Kier alpha value is -0.120. The molecule has 0 fully saturated rings. The molecule has 3 heteroatoms. The quantitative estimate of drug-likeness (QED) is 0.591. The molecule has 0 aliphatic carbocycles. The molecule has 0 saturated heterocycles. The highest BCUT2D eigenvalue weighted by molar-refractivity contribution is 4.79. The van der Waals surface area contributed by atoms with Gasteiger partial charge in [0.1, 0.15) is 0 Å². The average molecular weight is 189 g/mol. The van der Waals surface area contributed by atoms with E-state index in [-0.39, 0.29) is 6.04 Å². The van der Waals surface area contributed by atoms with Gasteiger partial charge in [-0.3, -0.25) is 0 Å². The van der Waals surface area contributed by atoms with Crippen LogP contribution >= 0.6 is 0 Å². The highest BCUT2D eigenvalue weighted by Crippen LogP contribution is 2.07. The van der Waals surface area contributed by atoms with Gasteiger partial charge in [-0.25, -0.2) is 0 Å². The largest absolute Gasteiger partial charge is 0.389 e. The number of ether oxygens (including phenoxy) is 1. The first-order valence-electron chi connectivity index (χ1n) is 4.93. The first kappa shape index (κ1) is 12.9. The molecule has 0 aromatic heterocycles. The number of unbranched alkanes of at least 4 members (excludes halogenated alkanes) is 1. The Labute approximate surface area is 81.5 Å². The molecule has 0 rings (SSSR count). The van der Waals surface area contributed by atoms with E-state index in [2.05, 4.69) is 5.32 Å². The predicted octanol–water partition coefficient (Wildman–Crippen LogP) is 1.16. The Morgan fingerprint density at radius 2 is 2.00 bits per heavy atom. The van der Waals surface area contributed by atoms with Crippen molar-refractivity contribution in [2.75, 3.05) is 20.3 Å². The molecule has 3 nitrogen and oxygen atoms in total. The molecule has 0 heterocycles. The van der Waals surface area contributed by atoms with E-state index in [1.807, 2.05) is 20.8 Å². The monoisotopic (exact) mass is 189 g/mol. The predicted molar refractivity (Wildman–Crippen MR) is 54.9 cm³/mol. The number of nitrogens with one attached hydrogen (secondary N) is 1. The minimum absolute atomic E-state index is 0.134. The fourth-order valence-electron chi connectivity index (χ4n) is 0.940. The normalized spacial score (nSPS) is 14.5. The van der Waals surface area contributed by atoms with Gasteiger partial charge in [0.15, 0.2) is 0 Å². The third kappa shape index (κ3) is 6.99. The molecule has 0 aromatic rings. The summed E-state index contributed by atoms with van der Waals surface area (Å²) in [7, 11) is 1.72. The van der Waals surface area contributed by atoms with Crippen molar-refractivity contribution in [1.29, 1.82) is 0 Å². The summed E-state index contributed by atoms with van der Waals surface area (Å²) in [4.78, 5) is 0. The van der Waals surface area contributed by atoms with Crippen LogP contribution in [0, 0.1) is 0 Å². The van der Waals surface area contributed by atoms with E-state index < -0.39 is 5.60 Å². The molecule has 1 atom stereocenters. The first-order valence-corrected chi connectivity index (χ1v) is 4.93. The van der Waals surface area contributed by atoms with Crippen LogP contribution in [0.1, 0.15) is 33.6 Å². The molecule has 0 saturated carbocycles. The van der Waals surface area contributed by atoms with Crippen LogP contribution in [0.3, 0.4) is 0 Å². The molecule has 0 spiro atoms. The Kier molecular flexibility index (Phi) is 6.29. The van der Waals surface area contributed by atoms with Crippen molar-refractivity contribution in [2.24, 2.45) is 0 Å². The van der Waals surface area contributed by atoms with Gasteiger partial charge in [0.2, 0.25) is 0 Å². The number of rotatable bonds is 7. The van der Waals surface area contributed by atoms with Crippen LogP contribution in [-0.2, 0) is 4.74 Å². The zero-order valence-electron chi connectivity index (χ0n) is 9.26. The van der Waals surface area contributed by atoms with E-state index in [1.54, 1.807) is 7.11 Å². The van der Waals surface area contributed by atoms with Crippen molar-refractivity contribution < 1.29 is 9.84 Å². The lowest BCUT2D eigenvalue weighted by molar-refractivity contribution is 0.0441. The molecule has 0 amide bonds. The van der Waals surface area contributed by atoms with Gasteiger partial charge < -0.3 is 15.2 Å². The van der Waals surface area contributed by atoms with Crippen molar-refractivity contribution in [1.82, 2.24) is 5.32 Å². The van der Waals surface area contributed by atoms with E-state index in [4.69, 9.17) is 4.74 Å². The summed E-state index contributed by atoms with van der Waals surface area (Å²) in [6.07, 6.45) is 2.16. The van der Waals surface area contributed by atoms with E-state index in [9.17, 15) is 5.11 Å². The smallest absolute Gasteiger partial charge is 0.0741 e. The van der Waals surface area contributed by atoms with Crippen LogP contribution < -0.4 is 5.32 Å². The molecule has 2 N–H and O–H groups in total. The van der Waals surface area contributed by atoms with E-state index in [0.29, 0.717) is 0 Å². The molecular formula is C10H23NO2. The van der Waals surface area contributed by atoms with Gasteiger partial charge in [-0.15, -0.1) is 0 Å². The van der Waals surface area contributed by atoms with E-state index >= 15 is 0 Å². The summed E-state index contributed by atoms with van der Waals surface area (Å²) in [5.41, 5.74) is -0.638. The second kappa shape index (κ2) is 6.35. The number of aliphatic hydroxyl groups is 1. The van der Waals surface area contributed by atoms with Gasteiger partial charge in [0, 0.05) is 19.8 Å². The molecule has 13 heavy (non-hydrogen) atoms. The zero-order valence-corrected chi connectivity index (χ0v) is 9.26. The molecule has 0 aliphatic rings. The van der Waals surface area contributed by atoms with Crippen LogP contribution in [0.5, 0.6) is 0 Å². The number of methoxy groups -OCH3 is 1. The summed E-state index contributed by atoms with van der Waals surface area (Å²) < 4.78 is 4.94. The van der Waals surface area contributed by atoms with E-state index in [1.165, 1.54) is 0 Å². The second-order valence-corrected chi connectivity index (χ2v) is 4.03. The fourth-order valence-corrected chi connectivity index (χ4v) is 0.940. The molecule has 1 unspecified atom stereocenters. The van der Waals surface area contributed by atoms with Crippen LogP contribution in [0.4, 0.5) is 0 Å².